The molecule has 106 valence electrons. The minimum Gasteiger partial charge on any atom is -0.367 e. The van der Waals surface area contributed by atoms with Crippen molar-refractivity contribution in [2.45, 2.75) is 27.2 Å². The number of benzene rings is 1. The molecule has 0 aliphatic heterocycles. The Bertz CT molecular complexity index is 605. The Balaban J connectivity index is 1.82. The Labute approximate surface area is 118 Å². The number of amides is 1. The number of carbonyl (C=O) groups excluding carboxylic acids is 1. The summed E-state index contributed by atoms with van der Waals surface area (Å²) in [5.74, 6) is 1.38. The van der Waals surface area contributed by atoms with E-state index in [1.807, 2.05) is 39.0 Å². The summed E-state index contributed by atoms with van der Waals surface area (Å²) in [5.41, 5.74) is 3.05. The number of rotatable bonds is 5. The van der Waals surface area contributed by atoms with Crippen molar-refractivity contribution in [2.24, 2.45) is 0 Å². The largest absolute Gasteiger partial charge is 0.367 e. The first-order chi connectivity index (χ1) is 9.54. The van der Waals surface area contributed by atoms with Crippen molar-refractivity contribution >= 4 is 17.4 Å². The molecule has 0 fully saturated rings. The smallest absolute Gasteiger partial charge is 0.226 e. The number of anilines is 2. The molecule has 0 atom stereocenters. The van der Waals surface area contributed by atoms with Gasteiger partial charge in [-0.3, -0.25) is 4.79 Å². The van der Waals surface area contributed by atoms with Crippen LogP contribution in [0, 0.1) is 20.8 Å². The van der Waals surface area contributed by atoms with Gasteiger partial charge in [-0.25, -0.2) is 0 Å². The van der Waals surface area contributed by atoms with E-state index in [4.69, 9.17) is 4.52 Å². The Morgan fingerprint density at radius 2 is 2.05 bits per heavy atom. The van der Waals surface area contributed by atoms with Gasteiger partial charge >= 0.3 is 0 Å². The molecule has 1 aromatic carbocycles. The van der Waals surface area contributed by atoms with Crippen LogP contribution in [-0.2, 0) is 4.79 Å². The zero-order valence-electron chi connectivity index (χ0n) is 12.0. The van der Waals surface area contributed by atoms with Gasteiger partial charge in [0.1, 0.15) is 5.76 Å². The third-order valence-corrected chi connectivity index (χ3v) is 2.95. The number of carbonyl (C=O) groups is 1. The predicted molar refractivity (Wildman–Crippen MR) is 78.9 cm³/mol. The summed E-state index contributed by atoms with van der Waals surface area (Å²) < 4.78 is 4.93. The van der Waals surface area contributed by atoms with Crippen LogP contribution in [0.2, 0.25) is 0 Å². The molecular formula is C15H19N3O2. The quantitative estimate of drug-likeness (QED) is 0.878. The molecule has 5 nitrogen and oxygen atoms in total. The van der Waals surface area contributed by atoms with E-state index in [1.54, 1.807) is 6.07 Å². The number of aryl methyl sites for hydroxylation is 3. The first-order valence-corrected chi connectivity index (χ1v) is 6.59. The summed E-state index contributed by atoms with van der Waals surface area (Å²) in [6, 6.07) is 7.80. The number of aromatic nitrogens is 1. The van der Waals surface area contributed by atoms with Crippen molar-refractivity contribution in [3.8, 4) is 0 Å². The van der Waals surface area contributed by atoms with Crippen molar-refractivity contribution in [3.63, 3.8) is 0 Å². The lowest BCUT2D eigenvalue weighted by atomic mass is 10.1. The molecular weight excluding hydrogens is 254 g/mol. The molecule has 1 heterocycles. The summed E-state index contributed by atoms with van der Waals surface area (Å²) in [5, 5.41) is 9.77. The van der Waals surface area contributed by atoms with Gasteiger partial charge in [-0.1, -0.05) is 17.3 Å². The molecule has 0 saturated carbocycles. The Hall–Kier alpha value is -2.30. The monoisotopic (exact) mass is 273 g/mol. The minimum atomic E-state index is -0.0218. The van der Waals surface area contributed by atoms with Gasteiger partial charge in [0.25, 0.3) is 0 Å². The number of nitrogens with one attached hydrogen (secondary N) is 2. The highest BCUT2D eigenvalue weighted by atomic mass is 16.5. The summed E-state index contributed by atoms with van der Waals surface area (Å²) in [6.45, 7) is 6.32. The standard InChI is InChI=1S/C15H19N3O2/c1-10-4-5-11(2)13(8-10)17-15(19)6-7-16-14-9-12(3)20-18-14/h4-5,8-9H,6-7H2,1-3H3,(H,16,18)(H,17,19). The molecule has 2 rings (SSSR count). The van der Waals surface area contributed by atoms with E-state index in [0.717, 1.165) is 22.6 Å². The van der Waals surface area contributed by atoms with Crippen molar-refractivity contribution in [1.29, 1.82) is 0 Å². The maximum Gasteiger partial charge on any atom is 0.226 e. The maximum atomic E-state index is 11.9. The van der Waals surface area contributed by atoms with Crippen LogP contribution < -0.4 is 10.6 Å². The maximum absolute atomic E-state index is 11.9. The fourth-order valence-electron chi connectivity index (χ4n) is 1.84. The molecule has 1 aromatic heterocycles. The van der Waals surface area contributed by atoms with Crippen LogP contribution in [0.3, 0.4) is 0 Å². The average molecular weight is 273 g/mol. The highest BCUT2D eigenvalue weighted by molar-refractivity contribution is 5.91. The number of hydrogen-bond acceptors (Lipinski definition) is 4. The van der Waals surface area contributed by atoms with Gasteiger partial charge in [0, 0.05) is 24.7 Å². The fourth-order valence-corrected chi connectivity index (χ4v) is 1.84. The van der Waals surface area contributed by atoms with E-state index in [-0.39, 0.29) is 5.91 Å². The summed E-state index contributed by atoms with van der Waals surface area (Å²) >= 11 is 0. The highest BCUT2D eigenvalue weighted by Crippen LogP contribution is 2.16. The first-order valence-electron chi connectivity index (χ1n) is 6.59. The topological polar surface area (TPSA) is 67.2 Å². The molecule has 0 aliphatic carbocycles. The van der Waals surface area contributed by atoms with Crippen LogP contribution in [0.5, 0.6) is 0 Å². The van der Waals surface area contributed by atoms with E-state index < -0.39 is 0 Å². The van der Waals surface area contributed by atoms with Crippen LogP contribution >= 0.6 is 0 Å². The average Bonchev–Trinajstić information content (AvgIpc) is 2.80. The Morgan fingerprint density at radius 1 is 1.25 bits per heavy atom. The summed E-state index contributed by atoms with van der Waals surface area (Å²) in [7, 11) is 0. The van der Waals surface area contributed by atoms with Gasteiger partial charge in [0.15, 0.2) is 5.82 Å². The zero-order chi connectivity index (χ0) is 14.5. The predicted octanol–water partition coefficient (Wildman–Crippen LogP) is 3.04. The lowest BCUT2D eigenvalue weighted by molar-refractivity contribution is -0.115. The van der Waals surface area contributed by atoms with Crippen LogP contribution in [0.25, 0.3) is 0 Å². The number of hydrogen-bond donors (Lipinski definition) is 2. The normalized spacial score (nSPS) is 10.3. The third-order valence-electron chi connectivity index (χ3n) is 2.95. The Morgan fingerprint density at radius 3 is 2.75 bits per heavy atom. The van der Waals surface area contributed by atoms with Gasteiger partial charge in [-0.15, -0.1) is 0 Å². The Kier molecular flexibility index (Phi) is 4.40. The zero-order valence-corrected chi connectivity index (χ0v) is 12.0. The van der Waals surface area contributed by atoms with Gasteiger partial charge in [0.05, 0.1) is 0 Å². The summed E-state index contributed by atoms with van der Waals surface area (Å²) in [4.78, 5) is 11.9. The van der Waals surface area contributed by atoms with E-state index in [9.17, 15) is 4.79 Å². The van der Waals surface area contributed by atoms with Crippen LogP contribution in [0.4, 0.5) is 11.5 Å². The third kappa shape index (κ3) is 3.85. The first kappa shape index (κ1) is 14.1. The van der Waals surface area contributed by atoms with Gasteiger partial charge < -0.3 is 15.2 Å². The van der Waals surface area contributed by atoms with Gasteiger partial charge in [0.2, 0.25) is 5.91 Å². The molecule has 0 saturated heterocycles. The second kappa shape index (κ2) is 6.23. The van der Waals surface area contributed by atoms with Gasteiger partial charge in [-0.05, 0) is 38.0 Å². The highest BCUT2D eigenvalue weighted by Gasteiger charge is 2.06. The molecule has 2 N–H and O–H groups in total. The van der Waals surface area contributed by atoms with Crippen LogP contribution in [0.15, 0.2) is 28.8 Å². The summed E-state index contributed by atoms with van der Waals surface area (Å²) in [6.07, 6.45) is 0.374. The second-order valence-corrected chi connectivity index (χ2v) is 4.87. The lowest BCUT2D eigenvalue weighted by Gasteiger charge is -2.09. The fraction of sp³-hybridized carbons (Fsp3) is 0.333. The van der Waals surface area contributed by atoms with Crippen molar-refractivity contribution in [3.05, 3.63) is 41.2 Å². The van der Waals surface area contributed by atoms with Gasteiger partial charge in [-0.2, -0.15) is 0 Å². The molecule has 0 unspecified atom stereocenters. The molecule has 2 aromatic rings. The molecule has 5 heteroatoms. The van der Waals surface area contributed by atoms with E-state index >= 15 is 0 Å². The molecule has 0 spiro atoms. The van der Waals surface area contributed by atoms with Crippen molar-refractivity contribution < 1.29 is 9.32 Å². The molecule has 0 aliphatic rings. The SMILES string of the molecule is Cc1ccc(C)c(NC(=O)CCNc2cc(C)on2)c1. The minimum absolute atomic E-state index is 0.0218. The van der Waals surface area contributed by atoms with E-state index in [1.165, 1.54) is 0 Å². The lowest BCUT2D eigenvalue weighted by Crippen LogP contribution is -2.17. The van der Waals surface area contributed by atoms with Crippen LogP contribution in [-0.4, -0.2) is 17.6 Å². The molecule has 20 heavy (non-hydrogen) atoms. The van der Waals surface area contributed by atoms with E-state index in [0.29, 0.717) is 18.8 Å². The molecule has 0 bridgehead atoms. The molecule has 1 amide bonds. The number of nitrogens with zero attached hydrogens (tertiary/aromatic N) is 1. The van der Waals surface area contributed by atoms with Crippen molar-refractivity contribution in [2.75, 3.05) is 17.2 Å². The van der Waals surface area contributed by atoms with Crippen LogP contribution in [0.1, 0.15) is 23.3 Å². The van der Waals surface area contributed by atoms with Crippen molar-refractivity contribution in [1.82, 2.24) is 5.16 Å². The molecule has 0 radical (unpaired) electrons. The second-order valence-electron chi connectivity index (χ2n) is 4.87. The van der Waals surface area contributed by atoms with E-state index in [2.05, 4.69) is 15.8 Å².